The second-order valence-corrected chi connectivity index (χ2v) is 16.4. The second kappa shape index (κ2) is 17.2. The number of nitrogens with one attached hydrogen (secondary N) is 2. The number of halogens is 3. The highest BCUT2D eigenvalue weighted by Gasteiger charge is 2.52. The minimum atomic E-state index is -4.76. The van der Waals surface area contributed by atoms with Crippen molar-refractivity contribution in [3.8, 4) is 6.07 Å². The molecule has 306 valence electrons. The van der Waals surface area contributed by atoms with Gasteiger partial charge in [0.25, 0.3) is 5.91 Å². The summed E-state index contributed by atoms with van der Waals surface area (Å²) in [7, 11) is 0. The number of alkyl halides is 3. The molecule has 2 aromatic rings. The Bertz CT molecular complexity index is 1900. The van der Waals surface area contributed by atoms with Gasteiger partial charge in [0.1, 0.15) is 5.54 Å². The van der Waals surface area contributed by atoms with Crippen molar-refractivity contribution >= 4 is 52.3 Å². The van der Waals surface area contributed by atoms with Gasteiger partial charge in [0, 0.05) is 30.2 Å². The summed E-state index contributed by atoms with van der Waals surface area (Å²) in [6.45, 7) is 8.71. The molecule has 4 fully saturated rings. The van der Waals surface area contributed by atoms with Gasteiger partial charge in [0.05, 0.1) is 60.8 Å². The summed E-state index contributed by atoms with van der Waals surface area (Å²) in [4.78, 5) is 55.5. The molecule has 57 heavy (non-hydrogen) atoms. The lowest BCUT2D eigenvalue weighted by molar-refractivity contribution is -0.138. The van der Waals surface area contributed by atoms with E-state index in [0.29, 0.717) is 44.6 Å². The summed E-state index contributed by atoms with van der Waals surface area (Å²) in [5, 5.41) is 14.7. The van der Waals surface area contributed by atoms with Gasteiger partial charge in [-0.3, -0.25) is 34.3 Å². The van der Waals surface area contributed by atoms with Crippen LogP contribution < -0.4 is 15.5 Å². The summed E-state index contributed by atoms with van der Waals surface area (Å²) >= 11 is 5.72. The minimum absolute atomic E-state index is 0.00403. The first-order valence-corrected chi connectivity index (χ1v) is 19.9. The van der Waals surface area contributed by atoms with Crippen molar-refractivity contribution in [1.29, 1.82) is 5.26 Å². The number of rotatable bonds is 11. The molecule has 4 amide bonds. The number of likely N-dealkylation sites (tertiary alicyclic amines) is 1. The summed E-state index contributed by atoms with van der Waals surface area (Å²) in [5.74, 6) is -1.49. The van der Waals surface area contributed by atoms with E-state index in [0.717, 1.165) is 48.3 Å². The van der Waals surface area contributed by atoms with E-state index in [4.69, 9.17) is 21.7 Å². The molecule has 0 aromatic heterocycles. The summed E-state index contributed by atoms with van der Waals surface area (Å²) in [6.07, 6.45) is 0.382. The molecule has 2 aromatic carbocycles. The molecule has 3 aliphatic heterocycles. The van der Waals surface area contributed by atoms with Gasteiger partial charge in [0.15, 0.2) is 5.11 Å². The smallest absolute Gasteiger partial charge is 0.376 e. The number of hydrogen-bond donors (Lipinski definition) is 2. The zero-order valence-corrected chi connectivity index (χ0v) is 33.4. The number of carbonyl (C=O) groups is 4. The van der Waals surface area contributed by atoms with Crippen LogP contribution in [0.15, 0.2) is 42.5 Å². The molecule has 12 nitrogen and oxygen atoms in total. The largest absolute Gasteiger partial charge is 0.417 e. The van der Waals surface area contributed by atoms with Crippen LogP contribution in [0, 0.1) is 11.3 Å². The van der Waals surface area contributed by atoms with Gasteiger partial charge < -0.3 is 19.7 Å². The number of nitrogens with zero attached hydrogens (tertiary/aromatic N) is 4. The molecule has 0 bridgehead atoms. The van der Waals surface area contributed by atoms with E-state index in [1.165, 1.54) is 6.07 Å². The first kappa shape index (κ1) is 42.2. The van der Waals surface area contributed by atoms with E-state index in [-0.39, 0.29) is 71.3 Å². The zero-order chi connectivity index (χ0) is 41.2. The predicted molar refractivity (Wildman–Crippen MR) is 209 cm³/mol. The Morgan fingerprint density at radius 1 is 0.965 bits per heavy atom. The Labute approximate surface area is 336 Å². The number of anilines is 2. The van der Waals surface area contributed by atoms with Crippen LogP contribution in [-0.4, -0.2) is 94.2 Å². The van der Waals surface area contributed by atoms with Gasteiger partial charge in [-0.2, -0.15) is 18.4 Å². The Hall–Kier alpha value is -4.43. The van der Waals surface area contributed by atoms with Gasteiger partial charge >= 0.3 is 6.18 Å². The van der Waals surface area contributed by atoms with Crippen LogP contribution in [0.1, 0.15) is 102 Å². The number of hydrogen-bond acceptors (Lipinski definition) is 9. The molecule has 0 spiro atoms. The van der Waals surface area contributed by atoms with Gasteiger partial charge in [-0.15, -0.1) is 0 Å². The van der Waals surface area contributed by atoms with Crippen molar-refractivity contribution in [3.05, 3.63) is 59.2 Å². The molecule has 1 aliphatic carbocycles. The van der Waals surface area contributed by atoms with Gasteiger partial charge in [-0.1, -0.05) is 12.1 Å². The third-order valence-electron chi connectivity index (χ3n) is 11.7. The maximum atomic E-state index is 13.7. The van der Waals surface area contributed by atoms with E-state index in [2.05, 4.69) is 29.4 Å². The van der Waals surface area contributed by atoms with Gasteiger partial charge in [-0.25, -0.2) is 0 Å². The Balaban J connectivity index is 0.918. The van der Waals surface area contributed by atoms with Crippen molar-refractivity contribution in [1.82, 2.24) is 15.1 Å². The van der Waals surface area contributed by atoms with E-state index in [9.17, 15) is 37.6 Å². The first-order valence-electron chi connectivity index (χ1n) is 19.5. The molecule has 6 rings (SSSR count). The number of benzene rings is 2. The molecule has 1 saturated carbocycles. The number of carbonyl (C=O) groups excluding carboxylic acids is 4. The monoisotopic (exact) mass is 810 g/mol. The third-order valence-corrected chi connectivity index (χ3v) is 12.1. The fraction of sp³-hybridized carbons (Fsp3) is 0.561. The fourth-order valence-corrected chi connectivity index (χ4v) is 9.31. The molecule has 16 heteroatoms. The second-order valence-electron chi connectivity index (χ2n) is 16.0. The maximum Gasteiger partial charge on any atom is 0.417 e. The van der Waals surface area contributed by atoms with Crippen LogP contribution in [-0.2, 0) is 34.8 Å². The highest BCUT2D eigenvalue weighted by Crippen LogP contribution is 2.41. The molecular weight excluding hydrogens is 762 g/mol. The average Bonchev–Trinajstić information content (AvgIpc) is 3.33. The SMILES string of the molecule is C[C@@H]1CC(OCCOC2CCC(N3C(=S)N(c4ccc(C#N)c(C(F)(F)F)c4)C(=O)C3(C)C)CC2)C[C@H](C)N1CC(=O)Nc1ccc(C2CCC(=O)NC2=O)cc1. The van der Waals surface area contributed by atoms with Crippen molar-refractivity contribution in [2.45, 2.75) is 127 Å². The van der Waals surface area contributed by atoms with Gasteiger partial charge in [0.2, 0.25) is 17.7 Å². The Kier molecular flexibility index (Phi) is 12.7. The molecular formula is C41H49F3N6O6S. The van der Waals surface area contributed by atoms with Crippen LogP contribution in [0.5, 0.6) is 0 Å². The number of imide groups is 1. The standard InChI is InChI=1S/C41H49F3N6O6S/c1-24-19-32(20-25(2)48(24)23-36(52)46-28-8-5-26(6-9-28)33-15-16-35(51)47-37(33)53)56-18-17-55-31-13-11-29(12-14-31)50-39(57)49(38(54)40(50,3)4)30-10-7-27(22-45)34(21-30)41(42,43)44/h5-10,21,24-25,29,31-33H,11-20,23H2,1-4H3,(H,46,52)(H,47,51,53)/t24-,25+,29?,31?,32?,33?. The highest BCUT2D eigenvalue weighted by molar-refractivity contribution is 7.80. The van der Waals surface area contributed by atoms with Crippen LogP contribution in [0.4, 0.5) is 24.5 Å². The van der Waals surface area contributed by atoms with Crippen LogP contribution in [0.3, 0.4) is 0 Å². The first-order chi connectivity index (χ1) is 27.0. The highest BCUT2D eigenvalue weighted by atomic mass is 32.1. The molecule has 2 N–H and O–H groups in total. The fourth-order valence-electron chi connectivity index (χ4n) is 8.74. The number of ether oxygens (including phenoxy) is 2. The summed E-state index contributed by atoms with van der Waals surface area (Å²) in [6, 6.07) is 12.1. The lowest BCUT2D eigenvalue weighted by Crippen LogP contribution is -2.51. The number of amides is 4. The lowest BCUT2D eigenvalue weighted by Gasteiger charge is -2.42. The zero-order valence-electron chi connectivity index (χ0n) is 32.6. The number of nitriles is 1. The lowest BCUT2D eigenvalue weighted by atomic mass is 9.89. The van der Waals surface area contributed by atoms with Gasteiger partial charge in [-0.05, 0) is 121 Å². The van der Waals surface area contributed by atoms with E-state index in [1.54, 1.807) is 32.0 Å². The molecule has 4 atom stereocenters. The van der Waals surface area contributed by atoms with Crippen molar-refractivity contribution in [2.75, 3.05) is 30.0 Å². The molecule has 3 saturated heterocycles. The summed E-state index contributed by atoms with van der Waals surface area (Å²) < 4.78 is 53.6. The average molecular weight is 811 g/mol. The van der Waals surface area contributed by atoms with Crippen molar-refractivity contribution < 1.29 is 41.8 Å². The Morgan fingerprint density at radius 3 is 2.19 bits per heavy atom. The minimum Gasteiger partial charge on any atom is -0.376 e. The van der Waals surface area contributed by atoms with Crippen LogP contribution in [0.2, 0.25) is 0 Å². The van der Waals surface area contributed by atoms with Crippen molar-refractivity contribution in [3.63, 3.8) is 0 Å². The van der Waals surface area contributed by atoms with E-state index in [1.807, 2.05) is 17.0 Å². The quantitative estimate of drug-likeness (QED) is 0.157. The molecule has 0 radical (unpaired) electrons. The third kappa shape index (κ3) is 9.33. The molecule has 4 aliphatic rings. The number of thiocarbonyl (C=S) groups is 1. The molecule has 2 unspecified atom stereocenters. The number of piperidine rings is 2. The summed E-state index contributed by atoms with van der Waals surface area (Å²) in [5.41, 5.74) is -1.28. The van der Waals surface area contributed by atoms with E-state index >= 15 is 0 Å². The maximum absolute atomic E-state index is 13.7. The van der Waals surface area contributed by atoms with Crippen molar-refractivity contribution in [2.24, 2.45) is 0 Å². The topological polar surface area (TPSA) is 144 Å². The predicted octanol–water partition coefficient (Wildman–Crippen LogP) is 6.03. The Morgan fingerprint density at radius 2 is 1.60 bits per heavy atom. The van der Waals surface area contributed by atoms with E-state index < -0.39 is 28.7 Å². The van der Waals surface area contributed by atoms with Crippen LogP contribution >= 0.6 is 12.2 Å². The van der Waals surface area contributed by atoms with Crippen LogP contribution in [0.25, 0.3) is 0 Å². The molecule has 3 heterocycles. The normalized spacial score (nSPS) is 27.0.